The summed E-state index contributed by atoms with van der Waals surface area (Å²) in [6.07, 6.45) is 1.87. The summed E-state index contributed by atoms with van der Waals surface area (Å²) in [6.45, 7) is 2.85. The fourth-order valence-corrected chi connectivity index (χ4v) is 2.80. The molecule has 0 spiro atoms. The lowest BCUT2D eigenvalue weighted by molar-refractivity contribution is -0.384. The number of non-ortho nitro benzene ring substituents is 1. The highest BCUT2D eigenvalue weighted by molar-refractivity contribution is 7.14. The molecule has 20 heavy (non-hydrogen) atoms. The molecule has 106 valence electrons. The van der Waals surface area contributed by atoms with E-state index in [0.29, 0.717) is 0 Å². The van der Waals surface area contributed by atoms with Gasteiger partial charge in [0.2, 0.25) is 0 Å². The van der Waals surface area contributed by atoms with Gasteiger partial charge in [0, 0.05) is 24.1 Å². The van der Waals surface area contributed by atoms with Crippen molar-refractivity contribution >= 4 is 17.0 Å². The number of nitro benzene ring substituents is 1. The normalized spacial score (nSPS) is 10.7. The predicted octanol–water partition coefficient (Wildman–Crippen LogP) is 2.57. The van der Waals surface area contributed by atoms with E-state index in [1.54, 1.807) is 12.1 Å². The highest BCUT2D eigenvalue weighted by Gasteiger charge is 2.14. The third-order valence-electron chi connectivity index (χ3n) is 2.95. The molecule has 0 atom stereocenters. The van der Waals surface area contributed by atoms with Gasteiger partial charge in [-0.3, -0.25) is 10.1 Å². The minimum Gasteiger partial charge on any atom is -0.320 e. The van der Waals surface area contributed by atoms with Gasteiger partial charge >= 0.3 is 0 Å². The number of nitrogens with zero attached hydrogens (tertiary/aromatic N) is 3. The van der Waals surface area contributed by atoms with E-state index in [2.05, 4.69) is 15.5 Å². The number of rotatable bonds is 6. The van der Waals surface area contributed by atoms with E-state index in [9.17, 15) is 10.1 Å². The molecule has 0 saturated heterocycles. The summed E-state index contributed by atoms with van der Waals surface area (Å²) in [5, 5.41) is 23.9. The molecule has 7 heteroatoms. The van der Waals surface area contributed by atoms with Crippen molar-refractivity contribution in [2.45, 2.75) is 19.8 Å². The van der Waals surface area contributed by atoms with Crippen LogP contribution in [0.4, 0.5) is 5.69 Å². The van der Waals surface area contributed by atoms with E-state index < -0.39 is 4.92 Å². The van der Waals surface area contributed by atoms with Crippen LogP contribution in [0, 0.1) is 17.0 Å². The maximum absolute atomic E-state index is 10.8. The number of aromatic nitrogens is 2. The van der Waals surface area contributed by atoms with Gasteiger partial charge in [-0.25, -0.2) is 0 Å². The third-order valence-corrected chi connectivity index (χ3v) is 3.96. The van der Waals surface area contributed by atoms with Gasteiger partial charge in [0.1, 0.15) is 10.0 Å². The summed E-state index contributed by atoms with van der Waals surface area (Å²) in [5.74, 6) is 0. The van der Waals surface area contributed by atoms with Crippen molar-refractivity contribution in [3.63, 3.8) is 0 Å². The van der Waals surface area contributed by atoms with Crippen LogP contribution in [-0.4, -0.2) is 28.7 Å². The Morgan fingerprint density at radius 3 is 2.90 bits per heavy atom. The summed E-state index contributed by atoms with van der Waals surface area (Å²) in [4.78, 5) is 10.5. The lowest BCUT2D eigenvalue weighted by Gasteiger charge is -2.00. The summed E-state index contributed by atoms with van der Waals surface area (Å²) in [6, 6.07) is 4.82. The second kappa shape index (κ2) is 6.53. The van der Waals surface area contributed by atoms with Gasteiger partial charge in [0.15, 0.2) is 0 Å². The molecule has 1 N–H and O–H groups in total. The van der Waals surface area contributed by atoms with Gasteiger partial charge < -0.3 is 5.32 Å². The van der Waals surface area contributed by atoms with Crippen molar-refractivity contribution in [3.8, 4) is 10.6 Å². The van der Waals surface area contributed by atoms with Crippen LogP contribution in [0.5, 0.6) is 0 Å². The molecule has 0 saturated carbocycles. The molecule has 0 radical (unpaired) electrons. The van der Waals surface area contributed by atoms with Crippen LogP contribution >= 0.6 is 11.3 Å². The van der Waals surface area contributed by atoms with Crippen LogP contribution in [-0.2, 0) is 6.42 Å². The molecule has 1 aromatic carbocycles. The van der Waals surface area contributed by atoms with Gasteiger partial charge in [-0.15, -0.1) is 10.2 Å². The van der Waals surface area contributed by atoms with Gasteiger partial charge in [-0.2, -0.15) is 0 Å². The first-order valence-corrected chi connectivity index (χ1v) is 7.16. The minimum absolute atomic E-state index is 0.0810. The number of nitrogens with one attached hydrogen (secondary N) is 1. The zero-order valence-electron chi connectivity index (χ0n) is 11.4. The highest BCUT2D eigenvalue weighted by Crippen LogP contribution is 2.30. The summed E-state index contributed by atoms with van der Waals surface area (Å²) in [7, 11) is 1.91. The Bertz CT molecular complexity index is 612. The topological polar surface area (TPSA) is 81.0 Å². The monoisotopic (exact) mass is 292 g/mol. The second-order valence-electron chi connectivity index (χ2n) is 4.46. The molecule has 0 bridgehead atoms. The first-order valence-electron chi connectivity index (χ1n) is 6.34. The van der Waals surface area contributed by atoms with Crippen molar-refractivity contribution in [1.29, 1.82) is 0 Å². The van der Waals surface area contributed by atoms with E-state index in [4.69, 9.17) is 0 Å². The average molecular weight is 292 g/mol. The van der Waals surface area contributed by atoms with E-state index >= 15 is 0 Å². The van der Waals surface area contributed by atoms with Crippen LogP contribution in [0.25, 0.3) is 10.6 Å². The molecule has 0 aliphatic heterocycles. The van der Waals surface area contributed by atoms with Gasteiger partial charge in [-0.1, -0.05) is 17.4 Å². The Kier molecular flexibility index (Phi) is 4.75. The average Bonchev–Trinajstić information content (AvgIpc) is 2.88. The number of hydrogen-bond donors (Lipinski definition) is 1. The quantitative estimate of drug-likeness (QED) is 0.503. The smallest absolute Gasteiger partial charge is 0.270 e. The molecule has 0 unspecified atom stereocenters. The fourth-order valence-electron chi connectivity index (χ4n) is 1.83. The Morgan fingerprint density at radius 2 is 2.20 bits per heavy atom. The molecule has 0 fully saturated rings. The van der Waals surface area contributed by atoms with Gasteiger partial charge in [0.25, 0.3) is 5.69 Å². The van der Waals surface area contributed by atoms with Crippen molar-refractivity contribution in [1.82, 2.24) is 15.5 Å². The van der Waals surface area contributed by atoms with Crippen LogP contribution in [0.3, 0.4) is 0 Å². The largest absolute Gasteiger partial charge is 0.320 e. The third kappa shape index (κ3) is 3.37. The minimum atomic E-state index is -0.391. The van der Waals surface area contributed by atoms with E-state index in [1.807, 2.05) is 14.0 Å². The molecular formula is C13H16N4O2S. The molecule has 1 heterocycles. The van der Waals surface area contributed by atoms with E-state index in [1.165, 1.54) is 17.4 Å². The summed E-state index contributed by atoms with van der Waals surface area (Å²) in [5.41, 5.74) is 1.84. The first-order chi connectivity index (χ1) is 9.61. The molecule has 1 aromatic heterocycles. The standard InChI is InChI=1S/C13H16N4O2S/c1-9-5-6-10(17(18)19)8-11(9)13-16-15-12(20-13)4-3-7-14-2/h5-6,8,14H,3-4,7H2,1-2H3. The summed E-state index contributed by atoms with van der Waals surface area (Å²) < 4.78 is 0. The van der Waals surface area contributed by atoms with E-state index in [0.717, 1.165) is 40.5 Å². The molecular weight excluding hydrogens is 276 g/mol. The van der Waals surface area contributed by atoms with Crippen molar-refractivity contribution in [3.05, 3.63) is 38.9 Å². The molecule has 6 nitrogen and oxygen atoms in total. The van der Waals surface area contributed by atoms with E-state index in [-0.39, 0.29) is 5.69 Å². The van der Waals surface area contributed by atoms with Crippen LogP contribution in [0.15, 0.2) is 18.2 Å². The second-order valence-corrected chi connectivity index (χ2v) is 5.53. The Hall–Kier alpha value is -1.86. The van der Waals surface area contributed by atoms with Crippen molar-refractivity contribution in [2.24, 2.45) is 0 Å². The van der Waals surface area contributed by atoms with Crippen molar-refractivity contribution < 1.29 is 4.92 Å². The molecule has 0 aliphatic carbocycles. The number of hydrogen-bond acceptors (Lipinski definition) is 6. The van der Waals surface area contributed by atoms with Gasteiger partial charge in [-0.05, 0) is 32.5 Å². The number of benzene rings is 1. The maximum atomic E-state index is 10.8. The fraction of sp³-hybridized carbons (Fsp3) is 0.385. The molecule has 0 aliphatic rings. The highest BCUT2D eigenvalue weighted by atomic mass is 32.1. The lowest BCUT2D eigenvalue weighted by atomic mass is 10.1. The zero-order valence-corrected chi connectivity index (χ0v) is 12.2. The Morgan fingerprint density at radius 1 is 1.40 bits per heavy atom. The Labute approximate surface area is 121 Å². The van der Waals surface area contributed by atoms with Crippen LogP contribution < -0.4 is 5.32 Å². The summed E-state index contributed by atoms with van der Waals surface area (Å²) >= 11 is 1.50. The van der Waals surface area contributed by atoms with Crippen LogP contribution in [0.2, 0.25) is 0 Å². The Balaban J connectivity index is 2.23. The molecule has 2 rings (SSSR count). The SMILES string of the molecule is CNCCCc1nnc(-c2cc([N+](=O)[O-])ccc2C)s1. The maximum Gasteiger partial charge on any atom is 0.270 e. The van der Waals surface area contributed by atoms with Crippen molar-refractivity contribution in [2.75, 3.05) is 13.6 Å². The molecule has 0 amide bonds. The lowest BCUT2D eigenvalue weighted by Crippen LogP contribution is -2.08. The zero-order chi connectivity index (χ0) is 14.5. The van der Waals surface area contributed by atoms with Gasteiger partial charge in [0.05, 0.1) is 4.92 Å². The van der Waals surface area contributed by atoms with Crippen LogP contribution in [0.1, 0.15) is 17.0 Å². The molecule has 2 aromatic rings. The predicted molar refractivity (Wildman–Crippen MR) is 79.0 cm³/mol. The number of nitro groups is 1. The first kappa shape index (κ1) is 14.5. The number of aryl methyl sites for hydroxylation is 2.